The van der Waals surface area contributed by atoms with E-state index >= 15 is 0 Å². The first-order valence-electron chi connectivity index (χ1n) is 3.87. The van der Waals surface area contributed by atoms with Gasteiger partial charge in [-0.15, -0.1) is 0 Å². The van der Waals surface area contributed by atoms with Crippen LogP contribution in [0.15, 0.2) is 24.8 Å². The third-order valence-corrected chi connectivity index (χ3v) is 2.16. The van der Waals surface area contributed by atoms with Crippen molar-refractivity contribution in [1.82, 2.24) is 0 Å². The fourth-order valence-electron chi connectivity index (χ4n) is 0.985. The normalized spacial score (nSPS) is 11.2. The molecule has 0 spiro atoms. The van der Waals surface area contributed by atoms with E-state index in [0.29, 0.717) is 6.29 Å². The Morgan fingerprint density at radius 3 is 2.47 bits per heavy atom. The molecule has 80 valence electrons. The van der Waals surface area contributed by atoms with E-state index in [4.69, 9.17) is 11.6 Å². The topological polar surface area (TPSA) is 17.1 Å². The summed E-state index contributed by atoms with van der Waals surface area (Å²) in [6.45, 7) is 2.92. The number of hydrogen-bond acceptors (Lipinski definition) is 1. The molecule has 0 amide bonds. The van der Waals surface area contributed by atoms with Crippen LogP contribution in [-0.2, 0) is 0 Å². The molecule has 0 unspecified atom stereocenters. The highest BCUT2D eigenvalue weighted by Crippen LogP contribution is 2.33. The van der Waals surface area contributed by atoms with Gasteiger partial charge in [-0.05, 0) is 17.7 Å². The molecule has 1 rings (SSSR count). The fourth-order valence-corrected chi connectivity index (χ4v) is 1.15. The van der Waals surface area contributed by atoms with Crippen LogP contribution in [-0.4, -0.2) is 12.5 Å². The third kappa shape index (κ3) is 2.59. The highest BCUT2D eigenvalue weighted by Gasteiger charge is 2.32. The number of alkyl halides is 3. The number of hydrogen-bond donors (Lipinski definition) is 0. The highest BCUT2D eigenvalue weighted by molar-refractivity contribution is 6.33. The molecule has 0 aliphatic carbocycles. The average Bonchev–Trinajstić information content (AvgIpc) is 2.16. The molecule has 15 heavy (non-hydrogen) atoms. The number of allylic oxidation sites excluding steroid dienone is 1. The number of benzene rings is 1. The van der Waals surface area contributed by atoms with Gasteiger partial charge in [0.25, 0.3) is 0 Å². The van der Waals surface area contributed by atoms with E-state index in [1.165, 1.54) is 12.1 Å². The van der Waals surface area contributed by atoms with Gasteiger partial charge < -0.3 is 0 Å². The summed E-state index contributed by atoms with van der Waals surface area (Å²) < 4.78 is 36.8. The second kappa shape index (κ2) is 4.06. The first-order valence-corrected chi connectivity index (χ1v) is 4.25. The van der Waals surface area contributed by atoms with Gasteiger partial charge in [0.15, 0.2) is 6.29 Å². The molecule has 0 bridgehead atoms. The van der Waals surface area contributed by atoms with Crippen molar-refractivity contribution in [3.8, 4) is 0 Å². The van der Waals surface area contributed by atoms with Crippen molar-refractivity contribution < 1.29 is 18.0 Å². The molecule has 0 fully saturated rings. The van der Waals surface area contributed by atoms with Crippen LogP contribution < -0.4 is 0 Å². The first-order chi connectivity index (χ1) is 6.86. The quantitative estimate of drug-likeness (QED) is 0.713. The van der Waals surface area contributed by atoms with Crippen LogP contribution in [0, 0.1) is 0 Å². The van der Waals surface area contributed by atoms with Crippen molar-refractivity contribution in [2.75, 3.05) is 0 Å². The van der Waals surface area contributed by atoms with Gasteiger partial charge >= 0.3 is 6.18 Å². The van der Waals surface area contributed by atoms with E-state index in [2.05, 4.69) is 6.58 Å². The van der Waals surface area contributed by atoms with Crippen molar-refractivity contribution in [3.05, 3.63) is 40.9 Å². The second-order valence-electron chi connectivity index (χ2n) is 2.83. The highest BCUT2D eigenvalue weighted by atomic mass is 35.5. The van der Waals surface area contributed by atoms with Crippen LogP contribution in [0.5, 0.6) is 0 Å². The molecule has 0 aliphatic rings. The van der Waals surface area contributed by atoms with Gasteiger partial charge in [-0.25, -0.2) is 0 Å². The molecule has 0 aromatic heterocycles. The number of aldehydes is 1. The molecule has 0 saturated heterocycles. The molecule has 0 radical (unpaired) electrons. The zero-order valence-corrected chi connectivity index (χ0v) is 8.19. The molecule has 0 heterocycles. The molecule has 0 aliphatic heterocycles. The minimum Gasteiger partial charge on any atom is -0.298 e. The van der Waals surface area contributed by atoms with Crippen molar-refractivity contribution in [2.24, 2.45) is 0 Å². The average molecular weight is 235 g/mol. The van der Waals surface area contributed by atoms with Gasteiger partial charge in [0.05, 0.1) is 10.6 Å². The third-order valence-electron chi connectivity index (χ3n) is 1.81. The second-order valence-corrected chi connectivity index (χ2v) is 3.24. The van der Waals surface area contributed by atoms with Crippen molar-refractivity contribution in [3.63, 3.8) is 0 Å². The Hall–Kier alpha value is -1.29. The van der Waals surface area contributed by atoms with Crippen LogP contribution in [0.25, 0.3) is 5.57 Å². The number of halogens is 4. The Morgan fingerprint density at radius 1 is 1.40 bits per heavy atom. The number of rotatable bonds is 2. The summed E-state index contributed by atoms with van der Waals surface area (Å²) in [5.74, 6) is 0. The Morgan fingerprint density at radius 2 is 2.00 bits per heavy atom. The van der Waals surface area contributed by atoms with E-state index in [1.807, 2.05) is 0 Å². The van der Waals surface area contributed by atoms with Crippen molar-refractivity contribution >= 4 is 23.5 Å². The summed E-state index contributed by atoms with van der Waals surface area (Å²) in [7, 11) is 0. The lowest BCUT2D eigenvalue weighted by Crippen LogP contribution is -2.09. The van der Waals surface area contributed by atoms with Crippen LogP contribution >= 0.6 is 11.6 Å². The molecule has 0 saturated carbocycles. The van der Waals surface area contributed by atoms with Gasteiger partial charge in [-0.2, -0.15) is 13.2 Å². The largest absolute Gasteiger partial charge is 0.416 e. The Labute approximate surface area is 89.2 Å². The minimum absolute atomic E-state index is 0.0135. The van der Waals surface area contributed by atoms with Gasteiger partial charge in [0, 0.05) is 5.56 Å². The van der Waals surface area contributed by atoms with Crippen molar-refractivity contribution in [1.29, 1.82) is 0 Å². The number of carbonyl (C=O) groups excluding carboxylic acids is 1. The summed E-state index contributed by atoms with van der Waals surface area (Å²) in [5, 5.41) is 0.115. The summed E-state index contributed by atoms with van der Waals surface area (Å²) in [6, 6.07) is 3.47. The molecule has 1 aromatic rings. The zero-order valence-electron chi connectivity index (χ0n) is 7.44. The fraction of sp³-hybridized carbons (Fsp3) is 0.100. The predicted molar refractivity (Wildman–Crippen MR) is 51.9 cm³/mol. The summed E-state index contributed by atoms with van der Waals surface area (Å²) in [5.41, 5.74) is -1.14. The Balaban J connectivity index is 3.18. The molecule has 1 aromatic carbocycles. The summed E-state index contributed by atoms with van der Waals surface area (Å²) in [4.78, 5) is 10.5. The van der Waals surface area contributed by atoms with Crippen LogP contribution in [0.4, 0.5) is 13.2 Å². The summed E-state index contributed by atoms with van der Waals surface area (Å²) in [6.07, 6.45) is -4.11. The Bertz CT molecular complexity index is 410. The van der Waals surface area contributed by atoms with E-state index in [1.54, 1.807) is 0 Å². The first kappa shape index (κ1) is 11.8. The van der Waals surface area contributed by atoms with Gasteiger partial charge in [-0.1, -0.05) is 24.2 Å². The molecule has 0 N–H and O–H groups in total. The predicted octanol–water partition coefficient (Wildman–Crippen LogP) is 3.73. The Kier molecular flexibility index (Phi) is 3.19. The van der Waals surface area contributed by atoms with Gasteiger partial charge in [0.2, 0.25) is 0 Å². The molecular formula is C10H6ClF3O. The molecular weight excluding hydrogens is 229 g/mol. The maximum absolute atomic E-state index is 12.3. The van der Waals surface area contributed by atoms with E-state index in [0.717, 1.165) is 6.07 Å². The summed E-state index contributed by atoms with van der Waals surface area (Å²) >= 11 is 5.57. The van der Waals surface area contributed by atoms with E-state index < -0.39 is 11.7 Å². The standard InChI is InChI=1S/C10H6ClF3O/c1-6(10(12,13)14)7-2-3-9(11)8(4-7)5-15/h2-5H,1H2. The van der Waals surface area contributed by atoms with Crippen molar-refractivity contribution in [2.45, 2.75) is 6.18 Å². The monoisotopic (exact) mass is 234 g/mol. The smallest absolute Gasteiger partial charge is 0.298 e. The maximum Gasteiger partial charge on any atom is 0.416 e. The lowest BCUT2D eigenvalue weighted by atomic mass is 10.0. The maximum atomic E-state index is 12.3. The van der Waals surface area contributed by atoms with Gasteiger partial charge in [-0.3, -0.25) is 4.79 Å². The lowest BCUT2D eigenvalue weighted by molar-refractivity contribution is -0.0686. The van der Waals surface area contributed by atoms with Gasteiger partial charge in [0.1, 0.15) is 0 Å². The molecule has 1 nitrogen and oxygen atoms in total. The minimum atomic E-state index is -4.51. The molecule has 5 heteroatoms. The lowest BCUT2D eigenvalue weighted by Gasteiger charge is -2.10. The zero-order chi connectivity index (χ0) is 11.6. The SMILES string of the molecule is C=C(c1ccc(Cl)c(C=O)c1)C(F)(F)F. The number of carbonyl (C=O) groups is 1. The van der Waals surface area contributed by atoms with Crippen LogP contribution in [0.3, 0.4) is 0 Å². The van der Waals surface area contributed by atoms with E-state index in [-0.39, 0.29) is 16.1 Å². The van der Waals surface area contributed by atoms with E-state index in [9.17, 15) is 18.0 Å². The van der Waals surface area contributed by atoms with Crippen LogP contribution in [0.1, 0.15) is 15.9 Å². The van der Waals surface area contributed by atoms with Crippen LogP contribution in [0.2, 0.25) is 5.02 Å². The molecule has 0 atom stereocenters.